The third kappa shape index (κ3) is 5.13. The molecule has 0 aliphatic carbocycles. The van der Waals surface area contributed by atoms with Crippen LogP contribution in [0.25, 0.3) is 11.1 Å². The standard InChI is InChI=1S/C29H35BrN4O2/c1-5-34(6-2)15-14-31-28(36)29(19(3)4)18-24(20-10-8-7-9-11-20)26(33-29)17-23-22-16-21(30)12-13-25(22)32-27(23)35/h7-13,16-17,19,33H,5-6,14-15,18H2,1-4H3,(H,31,36)(H,32,35). The van der Waals surface area contributed by atoms with E-state index in [2.05, 4.69) is 76.6 Å². The number of carbonyl (C=O) groups is 2. The van der Waals surface area contributed by atoms with Gasteiger partial charge >= 0.3 is 0 Å². The summed E-state index contributed by atoms with van der Waals surface area (Å²) < 4.78 is 0.907. The molecule has 4 rings (SSSR count). The Bertz CT molecular complexity index is 1200. The summed E-state index contributed by atoms with van der Waals surface area (Å²) in [6.07, 6.45) is 2.45. The number of allylic oxidation sites excluding steroid dienone is 1. The van der Waals surface area contributed by atoms with Crippen molar-refractivity contribution in [3.05, 3.63) is 75.9 Å². The summed E-state index contributed by atoms with van der Waals surface area (Å²) in [5.74, 6) is -0.125. The lowest BCUT2D eigenvalue weighted by Crippen LogP contribution is -2.58. The molecule has 6 nitrogen and oxygen atoms in total. The number of hydrogen-bond acceptors (Lipinski definition) is 4. The van der Waals surface area contributed by atoms with Crippen molar-refractivity contribution >= 4 is 44.6 Å². The van der Waals surface area contributed by atoms with Gasteiger partial charge in [0.25, 0.3) is 5.91 Å². The molecule has 0 bridgehead atoms. The van der Waals surface area contributed by atoms with E-state index in [4.69, 9.17) is 0 Å². The van der Waals surface area contributed by atoms with Gasteiger partial charge in [0.05, 0.1) is 5.57 Å². The number of anilines is 1. The van der Waals surface area contributed by atoms with Crippen LogP contribution in [0.1, 0.15) is 45.2 Å². The van der Waals surface area contributed by atoms with E-state index in [-0.39, 0.29) is 17.7 Å². The second-order valence-corrected chi connectivity index (χ2v) is 10.6. The summed E-state index contributed by atoms with van der Waals surface area (Å²) in [5, 5.41) is 9.74. The maximum atomic E-state index is 13.7. The van der Waals surface area contributed by atoms with Gasteiger partial charge in [0.15, 0.2) is 0 Å². The lowest BCUT2D eigenvalue weighted by atomic mass is 9.81. The topological polar surface area (TPSA) is 73.5 Å². The number of benzene rings is 2. The minimum atomic E-state index is -0.810. The summed E-state index contributed by atoms with van der Waals surface area (Å²) >= 11 is 3.52. The zero-order valence-electron chi connectivity index (χ0n) is 21.5. The van der Waals surface area contributed by atoms with Gasteiger partial charge < -0.3 is 20.9 Å². The lowest BCUT2D eigenvalue weighted by Gasteiger charge is -2.34. The largest absolute Gasteiger partial charge is 0.370 e. The van der Waals surface area contributed by atoms with E-state index in [9.17, 15) is 9.59 Å². The zero-order valence-corrected chi connectivity index (χ0v) is 23.0. The van der Waals surface area contributed by atoms with Crippen molar-refractivity contribution in [2.75, 3.05) is 31.5 Å². The highest BCUT2D eigenvalue weighted by Gasteiger charge is 2.47. The number of hydrogen-bond donors (Lipinski definition) is 3. The van der Waals surface area contributed by atoms with E-state index in [0.717, 1.165) is 52.2 Å². The Labute approximate surface area is 222 Å². The molecule has 0 saturated carbocycles. The van der Waals surface area contributed by atoms with Crippen molar-refractivity contribution in [1.82, 2.24) is 15.5 Å². The van der Waals surface area contributed by atoms with Crippen LogP contribution in [0, 0.1) is 5.92 Å². The first-order chi connectivity index (χ1) is 17.3. The molecule has 2 aromatic carbocycles. The molecule has 1 unspecified atom stereocenters. The fourth-order valence-corrected chi connectivity index (χ4v) is 5.34. The summed E-state index contributed by atoms with van der Waals surface area (Å²) in [7, 11) is 0. The number of likely N-dealkylation sites (N-methyl/N-ethyl adjacent to an activating group) is 1. The predicted octanol–water partition coefficient (Wildman–Crippen LogP) is 5.04. The second-order valence-electron chi connectivity index (χ2n) is 9.67. The molecule has 190 valence electrons. The molecule has 0 fully saturated rings. The van der Waals surface area contributed by atoms with E-state index < -0.39 is 5.54 Å². The molecule has 3 N–H and O–H groups in total. The van der Waals surface area contributed by atoms with Crippen LogP contribution in [0.3, 0.4) is 0 Å². The summed E-state index contributed by atoms with van der Waals surface area (Å²) in [6, 6.07) is 15.9. The molecule has 2 amide bonds. The van der Waals surface area contributed by atoms with Crippen LogP contribution in [-0.2, 0) is 9.59 Å². The molecule has 2 aliphatic heterocycles. The van der Waals surface area contributed by atoms with Crippen molar-refractivity contribution < 1.29 is 9.59 Å². The molecule has 0 spiro atoms. The molecule has 2 heterocycles. The summed E-state index contributed by atoms with van der Waals surface area (Å²) in [5.41, 5.74) is 4.31. The maximum absolute atomic E-state index is 13.7. The summed E-state index contributed by atoms with van der Waals surface area (Å²) in [6.45, 7) is 11.7. The van der Waals surface area contributed by atoms with Crippen molar-refractivity contribution in [1.29, 1.82) is 0 Å². The van der Waals surface area contributed by atoms with Crippen molar-refractivity contribution in [3.63, 3.8) is 0 Å². The van der Waals surface area contributed by atoms with E-state index >= 15 is 0 Å². The van der Waals surface area contributed by atoms with Gasteiger partial charge in [-0.1, -0.05) is 74.0 Å². The minimum absolute atomic E-state index is 0.00879. The van der Waals surface area contributed by atoms with Crippen LogP contribution >= 0.6 is 15.9 Å². The fraction of sp³-hybridized carbons (Fsp3) is 0.379. The Balaban J connectivity index is 1.70. The molecular weight excluding hydrogens is 516 g/mol. The van der Waals surface area contributed by atoms with Crippen molar-refractivity contribution in [2.45, 2.75) is 39.7 Å². The number of fused-ring (bicyclic) bond motifs is 1. The predicted molar refractivity (Wildman–Crippen MR) is 150 cm³/mol. The first-order valence-corrected chi connectivity index (χ1v) is 13.5. The number of carbonyl (C=O) groups excluding carboxylic acids is 2. The van der Waals surface area contributed by atoms with E-state index in [0.29, 0.717) is 18.5 Å². The van der Waals surface area contributed by atoms with Crippen molar-refractivity contribution in [2.24, 2.45) is 5.92 Å². The van der Waals surface area contributed by atoms with Gasteiger partial charge in [0, 0.05) is 40.9 Å². The molecule has 0 radical (unpaired) electrons. The van der Waals surface area contributed by atoms with Crippen LogP contribution in [0.4, 0.5) is 5.69 Å². The molecule has 2 aromatic rings. The SMILES string of the molecule is CCN(CC)CCNC(=O)C1(C(C)C)CC(c2ccccc2)=C(C=C2C(=O)Nc3ccc(Br)cc32)N1. The Kier molecular flexibility index (Phi) is 8.00. The highest BCUT2D eigenvalue weighted by molar-refractivity contribution is 9.10. The van der Waals surface area contributed by atoms with E-state index in [1.54, 1.807) is 0 Å². The van der Waals surface area contributed by atoms with E-state index in [1.807, 2.05) is 42.5 Å². The molecule has 36 heavy (non-hydrogen) atoms. The molecule has 7 heteroatoms. The Morgan fingerprint density at radius 2 is 1.89 bits per heavy atom. The average molecular weight is 552 g/mol. The Hall–Kier alpha value is -2.90. The van der Waals surface area contributed by atoms with Crippen LogP contribution in [0.2, 0.25) is 0 Å². The fourth-order valence-electron chi connectivity index (χ4n) is 4.97. The van der Waals surface area contributed by atoms with Gasteiger partial charge in [-0.25, -0.2) is 0 Å². The van der Waals surface area contributed by atoms with Gasteiger partial charge in [-0.05, 0) is 54.4 Å². The number of rotatable bonds is 9. The number of nitrogens with zero attached hydrogens (tertiary/aromatic N) is 1. The van der Waals surface area contributed by atoms with Gasteiger partial charge in [-0.3, -0.25) is 9.59 Å². The molecule has 2 aliphatic rings. The Morgan fingerprint density at radius 1 is 1.17 bits per heavy atom. The third-order valence-electron chi connectivity index (χ3n) is 7.31. The maximum Gasteiger partial charge on any atom is 0.256 e. The zero-order chi connectivity index (χ0) is 25.9. The van der Waals surface area contributed by atoms with Crippen molar-refractivity contribution in [3.8, 4) is 0 Å². The summed E-state index contributed by atoms with van der Waals surface area (Å²) in [4.78, 5) is 28.9. The van der Waals surface area contributed by atoms with Gasteiger partial charge in [-0.2, -0.15) is 0 Å². The Morgan fingerprint density at radius 3 is 2.56 bits per heavy atom. The first kappa shape index (κ1) is 26.2. The quantitative estimate of drug-likeness (QED) is 0.382. The average Bonchev–Trinajstić information content (AvgIpc) is 3.41. The molecule has 1 atom stereocenters. The van der Waals surface area contributed by atoms with Gasteiger partial charge in [-0.15, -0.1) is 0 Å². The van der Waals surface area contributed by atoms with E-state index in [1.165, 1.54) is 0 Å². The van der Waals surface area contributed by atoms with Crippen LogP contribution in [-0.4, -0.2) is 48.4 Å². The normalized spacial score (nSPS) is 20.2. The molecule has 0 aromatic heterocycles. The molecular formula is C29H35BrN4O2. The minimum Gasteiger partial charge on any atom is -0.370 e. The number of halogens is 1. The van der Waals surface area contributed by atoms with Crippen LogP contribution < -0.4 is 16.0 Å². The third-order valence-corrected chi connectivity index (χ3v) is 7.81. The second kappa shape index (κ2) is 11.0. The highest BCUT2D eigenvalue weighted by atomic mass is 79.9. The molecule has 0 saturated heterocycles. The van der Waals surface area contributed by atoms with Gasteiger partial charge in [0.1, 0.15) is 5.54 Å². The monoisotopic (exact) mass is 550 g/mol. The number of nitrogens with one attached hydrogen (secondary N) is 3. The first-order valence-electron chi connectivity index (χ1n) is 12.7. The smallest absolute Gasteiger partial charge is 0.256 e. The lowest BCUT2D eigenvalue weighted by molar-refractivity contribution is -0.128. The van der Waals surface area contributed by atoms with Crippen LogP contribution in [0.15, 0.2) is 64.8 Å². The highest BCUT2D eigenvalue weighted by Crippen LogP contribution is 2.42. The van der Waals surface area contributed by atoms with Gasteiger partial charge in [0.2, 0.25) is 5.91 Å². The van der Waals surface area contributed by atoms with Crippen LogP contribution in [0.5, 0.6) is 0 Å². The number of amides is 2.